The van der Waals surface area contributed by atoms with E-state index in [0.29, 0.717) is 25.0 Å². The van der Waals surface area contributed by atoms with E-state index in [1.54, 1.807) is 0 Å². The lowest BCUT2D eigenvalue weighted by Crippen LogP contribution is -3.00. The highest BCUT2D eigenvalue weighted by Crippen LogP contribution is 2.66. The van der Waals surface area contributed by atoms with E-state index in [1.165, 1.54) is 5.57 Å². The molecule has 5 unspecified atom stereocenters. The Morgan fingerprint density at radius 2 is 2.14 bits per heavy atom. The van der Waals surface area contributed by atoms with Crippen LogP contribution in [-0.4, -0.2) is 40.3 Å². The smallest absolute Gasteiger partial charge is 0.174 e. The predicted molar refractivity (Wildman–Crippen MR) is 76.8 cm³/mol. The molecular formula is C17H22NO4+. The van der Waals surface area contributed by atoms with E-state index in [2.05, 4.69) is 12.2 Å². The summed E-state index contributed by atoms with van der Waals surface area (Å²) in [5.41, 5.74) is 0.791. The molecule has 2 bridgehead atoms. The van der Waals surface area contributed by atoms with Gasteiger partial charge in [0, 0.05) is 31.3 Å². The quantitative estimate of drug-likeness (QED) is 0.601. The number of quaternary nitrogens is 1. The molecule has 0 radical (unpaired) electrons. The van der Waals surface area contributed by atoms with E-state index in [-0.39, 0.29) is 23.5 Å². The summed E-state index contributed by atoms with van der Waals surface area (Å²) in [6, 6.07) is 0.112. The fourth-order valence-corrected chi connectivity index (χ4v) is 5.95. The minimum absolute atomic E-state index is 0.0847. The third kappa shape index (κ3) is 1.17. The van der Waals surface area contributed by atoms with Crippen molar-refractivity contribution in [2.45, 2.75) is 56.8 Å². The molecule has 0 aromatic carbocycles. The van der Waals surface area contributed by atoms with Gasteiger partial charge < -0.3 is 20.3 Å². The molecule has 1 saturated carbocycles. The predicted octanol–water partition coefficient (Wildman–Crippen LogP) is 0.311. The summed E-state index contributed by atoms with van der Waals surface area (Å²) in [4.78, 5) is 12.5. The van der Waals surface area contributed by atoms with E-state index in [4.69, 9.17) is 4.74 Å². The Balaban J connectivity index is 1.86. The average Bonchev–Trinajstić information content (AvgIpc) is 2.80. The molecule has 1 spiro atoms. The van der Waals surface area contributed by atoms with E-state index in [1.807, 2.05) is 0 Å². The maximum atomic E-state index is 12.5. The molecule has 0 aromatic rings. The Morgan fingerprint density at radius 3 is 2.95 bits per heavy atom. The maximum absolute atomic E-state index is 12.5. The summed E-state index contributed by atoms with van der Waals surface area (Å²) in [6.45, 7) is 3.03. The number of rotatable bonds is 0. The average molecular weight is 304 g/mol. The SMILES string of the molecule is CC1CC(O)=C2OC3C(=O)CCC4(O)C5CC1=C2C34CC[NH2+]5. The summed E-state index contributed by atoms with van der Waals surface area (Å²) in [6.07, 6.45) is 2.46. The van der Waals surface area contributed by atoms with Crippen molar-refractivity contribution in [3.05, 3.63) is 22.7 Å². The van der Waals surface area contributed by atoms with Gasteiger partial charge >= 0.3 is 0 Å². The van der Waals surface area contributed by atoms with Crippen LogP contribution >= 0.6 is 0 Å². The fourth-order valence-electron chi connectivity index (χ4n) is 5.95. The van der Waals surface area contributed by atoms with Gasteiger partial charge in [-0.2, -0.15) is 0 Å². The van der Waals surface area contributed by atoms with Crippen LogP contribution in [0.15, 0.2) is 22.7 Å². The minimum atomic E-state index is -0.887. The van der Waals surface area contributed by atoms with Crippen molar-refractivity contribution < 1.29 is 25.1 Å². The van der Waals surface area contributed by atoms with Crippen LogP contribution in [0.25, 0.3) is 0 Å². The van der Waals surface area contributed by atoms with Crippen molar-refractivity contribution in [3.8, 4) is 0 Å². The van der Waals surface area contributed by atoms with E-state index in [9.17, 15) is 15.0 Å². The van der Waals surface area contributed by atoms with E-state index in [0.717, 1.165) is 25.0 Å². The molecule has 5 heteroatoms. The van der Waals surface area contributed by atoms with Crippen molar-refractivity contribution in [3.63, 3.8) is 0 Å². The molecule has 4 N–H and O–H groups in total. The summed E-state index contributed by atoms with van der Waals surface area (Å²) >= 11 is 0. The first-order chi connectivity index (χ1) is 10.5. The van der Waals surface area contributed by atoms with Crippen LogP contribution in [-0.2, 0) is 9.53 Å². The topological polar surface area (TPSA) is 83.4 Å². The zero-order chi connectivity index (χ0) is 15.3. The molecule has 5 nitrogen and oxygen atoms in total. The molecule has 2 saturated heterocycles. The Hall–Kier alpha value is -1.33. The first-order valence-corrected chi connectivity index (χ1v) is 8.40. The number of carbonyl (C=O) groups is 1. The lowest BCUT2D eigenvalue weighted by molar-refractivity contribution is -0.722. The molecule has 5 aliphatic rings. The Kier molecular flexibility index (Phi) is 2.25. The van der Waals surface area contributed by atoms with Crippen LogP contribution in [0.4, 0.5) is 0 Å². The highest BCUT2D eigenvalue weighted by atomic mass is 16.5. The number of carbonyl (C=O) groups excluding carboxylic acids is 1. The van der Waals surface area contributed by atoms with Crippen molar-refractivity contribution in [2.24, 2.45) is 11.3 Å². The molecule has 2 aliphatic heterocycles. The molecule has 3 aliphatic carbocycles. The Morgan fingerprint density at radius 1 is 1.32 bits per heavy atom. The van der Waals surface area contributed by atoms with Gasteiger partial charge in [-0.25, -0.2) is 0 Å². The van der Waals surface area contributed by atoms with Gasteiger partial charge in [0.1, 0.15) is 17.4 Å². The summed E-state index contributed by atoms with van der Waals surface area (Å²) in [5.74, 6) is 1.13. The molecular weight excluding hydrogens is 282 g/mol. The van der Waals surface area contributed by atoms with Gasteiger partial charge in [-0.1, -0.05) is 12.5 Å². The van der Waals surface area contributed by atoms with Crippen LogP contribution in [0.1, 0.15) is 39.0 Å². The second-order valence-electron chi connectivity index (χ2n) is 7.73. The highest BCUT2D eigenvalue weighted by molar-refractivity contribution is 5.88. The van der Waals surface area contributed by atoms with Crippen molar-refractivity contribution >= 4 is 5.78 Å². The van der Waals surface area contributed by atoms with Gasteiger partial charge in [0.25, 0.3) is 0 Å². The van der Waals surface area contributed by atoms with Gasteiger partial charge in [0.15, 0.2) is 17.6 Å². The maximum Gasteiger partial charge on any atom is 0.174 e. The third-order valence-electron chi connectivity index (χ3n) is 6.89. The zero-order valence-electron chi connectivity index (χ0n) is 12.8. The first kappa shape index (κ1) is 13.1. The number of nitrogens with two attached hydrogens (primary N) is 1. The molecule has 5 rings (SSSR count). The summed E-state index contributed by atoms with van der Waals surface area (Å²) < 4.78 is 6.01. The molecule has 2 heterocycles. The second kappa shape index (κ2) is 3.77. The fraction of sp³-hybridized carbons (Fsp3) is 0.706. The normalized spacial score (nSPS) is 49.2. The second-order valence-corrected chi connectivity index (χ2v) is 7.73. The number of aliphatic hydroxyl groups is 2. The lowest BCUT2D eigenvalue weighted by Gasteiger charge is -2.58. The number of aliphatic hydroxyl groups excluding tert-OH is 1. The number of ketones is 1. The van der Waals surface area contributed by atoms with Crippen molar-refractivity contribution in [1.82, 2.24) is 0 Å². The Bertz CT molecular complexity index is 666. The van der Waals surface area contributed by atoms with Gasteiger partial charge in [-0.05, 0) is 12.3 Å². The molecule has 0 aromatic heterocycles. The monoisotopic (exact) mass is 304 g/mol. The van der Waals surface area contributed by atoms with Gasteiger partial charge in [0.05, 0.1) is 12.0 Å². The highest BCUT2D eigenvalue weighted by Gasteiger charge is 2.75. The van der Waals surface area contributed by atoms with Gasteiger partial charge in [-0.15, -0.1) is 0 Å². The molecule has 0 amide bonds. The van der Waals surface area contributed by atoms with Crippen LogP contribution in [0.2, 0.25) is 0 Å². The largest absolute Gasteiger partial charge is 0.508 e. The number of ether oxygens (including phenoxy) is 1. The van der Waals surface area contributed by atoms with Gasteiger partial charge in [-0.3, -0.25) is 4.79 Å². The Labute approximate surface area is 129 Å². The van der Waals surface area contributed by atoms with Crippen LogP contribution < -0.4 is 5.32 Å². The third-order valence-corrected chi connectivity index (χ3v) is 6.89. The number of allylic oxidation sites excluding steroid dienone is 2. The minimum Gasteiger partial charge on any atom is -0.508 e. The number of Topliss-reactive ketones (excluding diaryl/α,β-unsaturated/α-hetero) is 1. The molecule has 5 atom stereocenters. The molecule has 118 valence electrons. The zero-order valence-corrected chi connectivity index (χ0v) is 12.8. The molecule has 3 fully saturated rings. The van der Waals surface area contributed by atoms with Crippen LogP contribution in [0.5, 0.6) is 0 Å². The first-order valence-electron chi connectivity index (χ1n) is 8.40. The van der Waals surface area contributed by atoms with Crippen LogP contribution in [0.3, 0.4) is 0 Å². The lowest BCUT2D eigenvalue weighted by atomic mass is 9.48. The number of hydrogen-bond donors (Lipinski definition) is 3. The van der Waals surface area contributed by atoms with Gasteiger partial charge in [0.2, 0.25) is 0 Å². The number of piperidine rings is 1. The van der Waals surface area contributed by atoms with E-state index >= 15 is 0 Å². The van der Waals surface area contributed by atoms with Crippen molar-refractivity contribution in [2.75, 3.05) is 6.54 Å². The summed E-state index contributed by atoms with van der Waals surface area (Å²) in [5, 5.41) is 24.2. The standard InChI is InChI=1S/C17H21NO4/c1-8-6-11(20)14-13-9(8)7-12-17(21)3-2-10(19)15(22-14)16(13,17)4-5-18-12/h8,12,15,18,20-21H,2-7H2,1H3/p+1. The number of hydrogen-bond acceptors (Lipinski definition) is 4. The van der Waals surface area contributed by atoms with Crippen molar-refractivity contribution in [1.29, 1.82) is 0 Å². The van der Waals surface area contributed by atoms with E-state index < -0.39 is 17.1 Å². The molecule has 22 heavy (non-hydrogen) atoms. The van der Waals surface area contributed by atoms with Crippen LogP contribution in [0, 0.1) is 11.3 Å². The summed E-state index contributed by atoms with van der Waals surface area (Å²) in [7, 11) is 0.